The first-order valence-electron chi connectivity index (χ1n) is 6.57. The van der Waals surface area contributed by atoms with E-state index in [0.29, 0.717) is 13.1 Å². The lowest BCUT2D eigenvalue weighted by Crippen LogP contribution is -2.51. The smallest absolute Gasteiger partial charge is 0.236 e. The Balaban J connectivity index is 2.31. The number of primary amides is 1. The van der Waals surface area contributed by atoms with Gasteiger partial charge in [0.1, 0.15) is 0 Å². The zero-order valence-corrected chi connectivity index (χ0v) is 11.4. The average Bonchev–Trinajstić information content (AvgIpc) is 2.32. The Kier molecular flexibility index (Phi) is 6.07. The monoisotopic (exact) mass is 256 g/mol. The van der Waals surface area contributed by atoms with Crippen LogP contribution in [0.2, 0.25) is 0 Å². The van der Waals surface area contributed by atoms with Crippen molar-refractivity contribution in [3.8, 4) is 0 Å². The van der Waals surface area contributed by atoms with Gasteiger partial charge in [-0.05, 0) is 13.8 Å². The molecule has 1 fully saturated rings. The molecule has 0 unspecified atom stereocenters. The molecule has 1 rings (SSSR count). The number of amides is 2. The van der Waals surface area contributed by atoms with Gasteiger partial charge in [-0.25, -0.2) is 0 Å². The van der Waals surface area contributed by atoms with Crippen molar-refractivity contribution in [3.63, 3.8) is 0 Å². The van der Waals surface area contributed by atoms with Gasteiger partial charge in [-0.2, -0.15) is 0 Å². The minimum atomic E-state index is -0.289. The zero-order valence-electron chi connectivity index (χ0n) is 11.4. The molecule has 6 heteroatoms. The van der Waals surface area contributed by atoms with E-state index in [1.807, 2.05) is 23.6 Å². The first-order chi connectivity index (χ1) is 8.56. The van der Waals surface area contributed by atoms with Crippen molar-refractivity contribution in [2.45, 2.75) is 13.8 Å². The lowest BCUT2D eigenvalue weighted by molar-refractivity contribution is -0.132. The fraction of sp³-hybridized carbons (Fsp3) is 0.833. The quantitative estimate of drug-likeness (QED) is 0.659. The van der Waals surface area contributed by atoms with Crippen LogP contribution >= 0.6 is 0 Å². The average molecular weight is 256 g/mol. The molecule has 0 radical (unpaired) electrons. The summed E-state index contributed by atoms with van der Waals surface area (Å²) in [5.41, 5.74) is 5.16. The second-order valence-corrected chi connectivity index (χ2v) is 4.58. The van der Waals surface area contributed by atoms with Crippen LogP contribution in [-0.4, -0.2) is 78.9 Å². The van der Waals surface area contributed by atoms with Gasteiger partial charge in [0.2, 0.25) is 11.8 Å². The predicted molar refractivity (Wildman–Crippen MR) is 70.0 cm³/mol. The van der Waals surface area contributed by atoms with Crippen LogP contribution in [0.15, 0.2) is 0 Å². The number of nitrogens with zero attached hydrogens (tertiary/aromatic N) is 3. The molecule has 104 valence electrons. The Morgan fingerprint density at radius 3 is 1.83 bits per heavy atom. The Labute approximate surface area is 109 Å². The Bertz CT molecular complexity index is 284. The van der Waals surface area contributed by atoms with Gasteiger partial charge < -0.3 is 10.6 Å². The highest BCUT2D eigenvalue weighted by Gasteiger charge is 2.21. The summed E-state index contributed by atoms with van der Waals surface area (Å²) in [5.74, 6) is -0.106. The first kappa shape index (κ1) is 14.9. The van der Waals surface area contributed by atoms with E-state index in [4.69, 9.17) is 5.73 Å². The van der Waals surface area contributed by atoms with E-state index >= 15 is 0 Å². The van der Waals surface area contributed by atoms with Crippen LogP contribution in [-0.2, 0) is 9.59 Å². The van der Waals surface area contributed by atoms with Crippen LogP contribution in [0, 0.1) is 0 Å². The summed E-state index contributed by atoms with van der Waals surface area (Å²) in [6.07, 6.45) is 0. The predicted octanol–water partition coefficient (Wildman–Crippen LogP) is -1.04. The normalized spacial score (nSPS) is 17.7. The number of carbonyl (C=O) groups is 2. The summed E-state index contributed by atoms with van der Waals surface area (Å²) < 4.78 is 0. The van der Waals surface area contributed by atoms with E-state index in [1.165, 1.54) is 0 Å². The molecule has 0 aromatic rings. The van der Waals surface area contributed by atoms with Gasteiger partial charge in [0.05, 0.1) is 13.1 Å². The van der Waals surface area contributed by atoms with Gasteiger partial charge in [-0.3, -0.25) is 19.4 Å². The minimum absolute atomic E-state index is 0.184. The van der Waals surface area contributed by atoms with Gasteiger partial charge >= 0.3 is 0 Å². The van der Waals surface area contributed by atoms with E-state index < -0.39 is 0 Å². The first-order valence-corrected chi connectivity index (χ1v) is 6.57. The van der Waals surface area contributed by atoms with Gasteiger partial charge in [0.15, 0.2) is 0 Å². The molecule has 2 N–H and O–H groups in total. The third-order valence-corrected chi connectivity index (χ3v) is 3.32. The fourth-order valence-corrected chi connectivity index (χ4v) is 2.19. The van der Waals surface area contributed by atoms with E-state index in [9.17, 15) is 9.59 Å². The molecule has 0 spiro atoms. The standard InChI is InChI=1S/C12H24N4O2/c1-3-16(4-2)12(18)10-15-7-5-14(6-8-15)9-11(13)17/h3-10H2,1-2H3,(H2,13,17). The number of hydrogen-bond donors (Lipinski definition) is 1. The summed E-state index contributed by atoms with van der Waals surface area (Å²) in [4.78, 5) is 28.7. The molecular weight excluding hydrogens is 232 g/mol. The summed E-state index contributed by atoms with van der Waals surface area (Å²) in [6, 6.07) is 0. The molecule has 0 saturated carbocycles. The fourth-order valence-electron chi connectivity index (χ4n) is 2.19. The van der Waals surface area contributed by atoms with E-state index in [-0.39, 0.29) is 11.8 Å². The number of nitrogens with two attached hydrogens (primary N) is 1. The Hall–Kier alpha value is -1.14. The number of rotatable bonds is 6. The van der Waals surface area contributed by atoms with Gasteiger partial charge in [0.25, 0.3) is 0 Å². The molecule has 0 aliphatic carbocycles. The highest BCUT2D eigenvalue weighted by molar-refractivity contribution is 5.78. The molecule has 1 aliphatic rings. The summed E-state index contributed by atoms with van der Waals surface area (Å²) in [5, 5.41) is 0. The van der Waals surface area contributed by atoms with Crippen molar-refractivity contribution in [1.29, 1.82) is 0 Å². The maximum atomic E-state index is 11.9. The molecule has 0 aromatic carbocycles. The molecule has 18 heavy (non-hydrogen) atoms. The maximum absolute atomic E-state index is 11.9. The molecule has 1 saturated heterocycles. The van der Waals surface area contributed by atoms with Crippen LogP contribution in [0.5, 0.6) is 0 Å². The number of carbonyl (C=O) groups excluding carboxylic acids is 2. The van der Waals surface area contributed by atoms with Crippen molar-refractivity contribution >= 4 is 11.8 Å². The molecule has 2 amide bonds. The molecule has 0 aromatic heterocycles. The van der Waals surface area contributed by atoms with Crippen LogP contribution in [0.1, 0.15) is 13.8 Å². The minimum Gasteiger partial charge on any atom is -0.369 e. The van der Waals surface area contributed by atoms with Gasteiger partial charge in [-0.1, -0.05) is 0 Å². The third-order valence-electron chi connectivity index (χ3n) is 3.32. The van der Waals surface area contributed by atoms with E-state index in [2.05, 4.69) is 4.90 Å². The molecule has 1 aliphatic heterocycles. The lowest BCUT2D eigenvalue weighted by Gasteiger charge is -2.34. The number of likely N-dealkylation sites (N-methyl/N-ethyl adjacent to an activating group) is 1. The summed E-state index contributed by atoms with van der Waals surface area (Å²) >= 11 is 0. The number of piperazine rings is 1. The van der Waals surface area contributed by atoms with Crippen LogP contribution in [0.4, 0.5) is 0 Å². The van der Waals surface area contributed by atoms with Crippen molar-refractivity contribution < 1.29 is 9.59 Å². The highest BCUT2D eigenvalue weighted by atomic mass is 16.2. The second kappa shape index (κ2) is 7.33. The lowest BCUT2D eigenvalue weighted by atomic mass is 10.3. The molecule has 0 atom stereocenters. The van der Waals surface area contributed by atoms with Crippen LogP contribution in [0.3, 0.4) is 0 Å². The molecule has 6 nitrogen and oxygen atoms in total. The second-order valence-electron chi connectivity index (χ2n) is 4.58. The summed E-state index contributed by atoms with van der Waals surface area (Å²) in [6.45, 7) is 9.54. The topological polar surface area (TPSA) is 69.9 Å². The molecule has 0 bridgehead atoms. The largest absolute Gasteiger partial charge is 0.369 e. The van der Waals surface area contributed by atoms with Gasteiger partial charge in [-0.15, -0.1) is 0 Å². The van der Waals surface area contributed by atoms with Crippen molar-refractivity contribution in [3.05, 3.63) is 0 Å². The van der Waals surface area contributed by atoms with Crippen molar-refractivity contribution in [1.82, 2.24) is 14.7 Å². The molecular formula is C12H24N4O2. The Morgan fingerprint density at radius 2 is 1.44 bits per heavy atom. The van der Waals surface area contributed by atoms with E-state index in [0.717, 1.165) is 39.3 Å². The number of hydrogen-bond acceptors (Lipinski definition) is 4. The highest BCUT2D eigenvalue weighted by Crippen LogP contribution is 2.02. The zero-order chi connectivity index (χ0) is 13.5. The van der Waals surface area contributed by atoms with Crippen molar-refractivity contribution in [2.75, 3.05) is 52.4 Å². The SMILES string of the molecule is CCN(CC)C(=O)CN1CCN(CC(N)=O)CC1. The van der Waals surface area contributed by atoms with Crippen LogP contribution < -0.4 is 5.73 Å². The van der Waals surface area contributed by atoms with Crippen LogP contribution in [0.25, 0.3) is 0 Å². The maximum Gasteiger partial charge on any atom is 0.236 e. The van der Waals surface area contributed by atoms with Crippen molar-refractivity contribution in [2.24, 2.45) is 5.73 Å². The molecule has 1 heterocycles. The third kappa shape index (κ3) is 4.62. The summed E-state index contributed by atoms with van der Waals surface area (Å²) in [7, 11) is 0. The van der Waals surface area contributed by atoms with E-state index in [1.54, 1.807) is 0 Å². The van der Waals surface area contributed by atoms with Gasteiger partial charge in [0, 0.05) is 39.3 Å². The Morgan fingerprint density at radius 1 is 1.00 bits per heavy atom.